The Labute approximate surface area is 96.1 Å². The van der Waals surface area contributed by atoms with Crippen molar-refractivity contribution in [3.05, 3.63) is 0 Å². The normalized spacial score (nSPS) is 12.0. The van der Waals surface area contributed by atoms with E-state index in [2.05, 4.69) is 5.32 Å². The first kappa shape index (κ1) is 14.9. The molecule has 0 saturated heterocycles. The fourth-order valence-corrected chi connectivity index (χ4v) is 1.02. The van der Waals surface area contributed by atoms with E-state index in [1.54, 1.807) is 21.2 Å². The lowest BCUT2D eigenvalue weighted by Gasteiger charge is -2.13. The quantitative estimate of drug-likeness (QED) is 0.585. The van der Waals surface area contributed by atoms with Gasteiger partial charge in [-0.2, -0.15) is 0 Å². The molecule has 0 aliphatic rings. The number of carbonyl (C=O) groups excluding carboxylic acids is 2. The molecular formula is C10H21N3O3. The van der Waals surface area contributed by atoms with Crippen LogP contribution in [-0.4, -0.2) is 57.1 Å². The van der Waals surface area contributed by atoms with Crippen LogP contribution in [0.2, 0.25) is 0 Å². The van der Waals surface area contributed by atoms with Crippen molar-refractivity contribution in [1.29, 1.82) is 0 Å². The number of hydrogen-bond acceptors (Lipinski definition) is 4. The van der Waals surface area contributed by atoms with Gasteiger partial charge in [0.05, 0.1) is 6.04 Å². The highest BCUT2D eigenvalue weighted by Gasteiger charge is 2.13. The lowest BCUT2D eigenvalue weighted by Crippen LogP contribution is -2.42. The van der Waals surface area contributed by atoms with Crippen molar-refractivity contribution < 1.29 is 14.3 Å². The summed E-state index contributed by atoms with van der Waals surface area (Å²) in [6.45, 7) is 0.766. The van der Waals surface area contributed by atoms with E-state index < -0.39 is 6.04 Å². The second-order valence-electron chi connectivity index (χ2n) is 3.72. The second-order valence-corrected chi connectivity index (χ2v) is 3.72. The highest BCUT2D eigenvalue weighted by atomic mass is 16.5. The maximum absolute atomic E-state index is 11.4. The van der Waals surface area contributed by atoms with Crippen LogP contribution in [0.4, 0.5) is 0 Å². The van der Waals surface area contributed by atoms with Crippen molar-refractivity contribution in [1.82, 2.24) is 10.2 Å². The van der Waals surface area contributed by atoms with Crippen LogP contribution < -0.4 is 11.1 Å². The van der Waals surface area contributed by atoms with Gasteiger partial charge in [0.1, 0.15) is 0 Å². The van der Waals surface area contributed by atoms with Crippen LogP contribution in [0.1, 0.15) is 12.8 Å². The molecule has 0 heterocycles. The predicted molar refractivity (Wildman–Crippen MR) is 60.8 cm³/mol. The predicted octanol–water partition coefficient (Wildman–Crippen LogP) is -1.06. The van der Waals surface area contributed by atoms with Gasteiger partial charge in [0.15, 0.2) is 0 Å². The van der Waals surface area contributed by atoms with Gasteiger partial charge in [-0.3, -0.25) is 9.59 Å². The summed E-state index contributed by atoms with van der Waals surface area (Å²) < 4.78 is 4.82. The van der Waals surface area contributed by atoms with E-state index in [-0.39, 0.29) is 18.2 Å². The zero-order chi connectivity index (χ0) is 12.6. The number of amides is 2. The zero-order valence-corrected chi connectivity index (χ0v) is 10.2. The van der Waals surface area contributed by atoms with E-state index >= 15 is 0 Å². The molecule has 0 spiro atoms. The lowest BCUT2D eigenvalue weighted by atomic mass is 10.2. The molecule has 0 aromatic heterocycles. The summed E-state index contributed by atoms with van der Waals surface area (Å²) in [6, 6.07) is -0.575. The number of nitrogens with zero attached hydrogens (tertiary/aromatic N) is 1. The summed E-state index contributed by atoms with van der Waals surface area (Å²) in [6.07, 6.45) is 0.764. The number of hydrogen-bond donors (Lipinski definition) is 2. The summed E-state index contributed by atoms with van der Waals surface area (Å²) >= 11 is 0. The van der Waals surface area contributed by atoms with Gasteiger partial charge in [-0.15, -0.1) is 0 Å². The molecule has 3 N–H and O–H groups in total. The highest BCUT2D eigenvalue weighted by Crippen LogP contribution is 1.90. The maximum atomic E-state index is 11.4. The standard InChI is InChI=1S/C10H21N3O3/c1-13(2)9(14)4-6-12-10(15)8(11)5-7-16-3/h8H,4-7,11H2,1-3H3,(H,12,15). The molecule has 6 nitrogen and oxygen atoms in total. The van der Waals surface area contributed by atoms with Gasteiger partial charge in [0.25, 0.3) is 0 Å². The summed E-state index contributed by atoms with van der Waals surface area (Å²) in [5.74, 6) is -0.269. The van der Waals surface area contributed by atoms with Gasteiger partial charge in [-0.1, -0.05) is 0 Å². The summed E-state index contributed by atoms with van der Waals surface area (Å²) in [5.41, 5.74) is 5.59. The van der Waals surface area contributed by atoms with Crippen molar-refractivity contribution in [2.75, 3.05) is 34.4 Å². The molecule has 2 amide bonds. The minimum absolute atomic E-state index is 0.0224. The third kappa shape index (κ3) is 6.36. The Morgan fingerprint density at radius 2 is 2.06 bits per heavy atom. The second kappa shape index (κ2) is 8.06. The maximum Gasteiger partial charge on any atom is 0.237 e. The average Bonchev–Trinajstić information content (AvgIpc) is 2.25. The minimum atomic E-state index is -0.575. The van der Waals surface area contributed by atoms with Crippen LogP contribution in [0.3, 0.4) is 0 Å². The van der Waals surface area contributed by atoms with Crippen LogP contribution in [0.15, 0.2) is 0 Å². The van der Waals surface area contributed by atoms with E-state index in [4.69, 9.17) is 10.5 Å². The molecule has 0 rings (SSSR count). The van der Waals surface area contributed by atoms with E-state index in [1.807, 2.05) is 0 Å². The Morgan fingerprint density at radius 1 is 1.44 bits per heavy atom. The molecule has 0 aromatic carbocycles. The van der Waals surface area contributed by atoms with Crippen LogP contribution in [0.5, 0.6) is 0 Å². The van der Waals surface area contributed by atoms with Gasteiger partial charge >= 0.3 is 0 Å². The molecule has 16 heavy (non-hydrogen) atoms. The van der Waals surface area contributed by atoms with Crippen LogP contribution in [0.25, 0.3) is 0 Å². The molecule has 0 radical (unpaired) electrons. The molecule has 1 unspecified atom stereocenters. The van der Waals surface area contributed by atoms with Crippen molar-refractivity contribution in [3.8, 4) is 0 Å². The molecule has 0 aliphatic carbocycles. The Morgan fingerprint density at radius 3 is 2.56 bits per heavy atom. The largest absolute Gasteiger partial charge is 0.385 e. The first-order chi connectivity index (χ1) is 7.49. The summed E-state index contributed by atoms with van der Waals surface area (Å²) in [5, 5.41) is 2.61. The van der Waals surface area contributed by atoms with Crippen molar-refractivity contribution in [2.45, 2.75) is 18.9 Å². The van der Waals surface area contributed by atoms with Gasteiger partial charge in [0.2, 0.25) is 11.8 Å². The SMILES string of the molecule is COCCC(N)C(=O)NCCC(=O)N(C)C. The molecule has 0 bridgehead atoms. The monoisotopic (exact) mass is 231 g/mol. The fourth-order valence-electron chi connectivity index (χ4n) is 1.02. The Bertz CT molecular complexity index is 231. The van der Waals surface area contributed by atoms with E-state index in [0.29, 0.717) is 19.6 Å². The number of nitrogens with two attached hydrogens (primary N) is 1. The van der Waals surface area contributed by atoms with Gasteiger partial charge in [0, 0.05) is 40.8 Å². The van der Waals surface area contributed by atoms with E-state index in [0.717, 1.165) is 0 Å². The number of carbonyl (C=O) groups is 2. The molecule has 0 saturated carbocycles. The molecule has 0 aromatic rings. The van der Waals surface area contributed by atoms with Crippen LogP contribution in [-0.2, 0) is 14.3 Å². The number of nitrogens with one attached hydrogen (secondary N) is 1. The van der Waals surface area contributed by atoms with Crippen molar-refractivity contribution in [3.63, 3.8) is 0 Å². The van der Waals surface area contributed by atoms with E-state index in [1.165, 1.54) is 4.90 Å². The van der Waals surface area contributed by atoms with Gasteiger partial charge in [-0.25, -0.2) is 0 Å². The third-order valence-electron chi connectivity index (χ3n) is 2.11. The van der Waals surface area contributed by atoms with E-state index in [9.17, 15) is 9.59 Å². The first-order valence-corrected chi connectivity index (χ1v) is 5.21. The Hall–Kier alpha value is -1.14. The Kier molecular flexibility index (Phi) is 7.49. The molecular weight excluding hydrogens is 210 g/mol. The fraction of sp³-hybridized carbons (Fsp3) is 0.800. The lowest BCUT2D eigenvalue weighted by molar-refractivity contribution is -0.128. The summed E-state index contributed by atoms with van der Waals surface area (Å²) in [4.78, 5) is 24.1. The van der Waals surface area contributed by atoms with Crippen LogP contribution in [0, 0.1) is 0 Å². The van der Waals surface area contributed by atoms with Gasteiger partial charge < -0.3 is 20.7 Å². The minimum Gasteiger partial charge on any atom is -0.385 e. The van der Waals surface area contributed by atoms with Gasteiger partial charge in [-0.05, 0) is 6.42 Å². The molecule has 1 atom stereocenters. The Balaban J connectivity index is 3.68. The molecule has 6 heteroatoms. The zero-order valence-electron chi connectivity index (χ0n) is 10.2. The third-order valence-corrected chi connectivity index (χ3v) is 2.11. The number of ether oxygens (including phenoxy) is 1. The molecule has 0 aliphatic heterocycles. The molecule has 94 valence electrons. The topological polar surface area (TPSA) is 84.7 Å². The highest BCUT2D eigenvalue weighted by molar-refractivity contribution is 5.82. The first-order valence-electron chi connectivity index (χ1n) is 5.21. The van der Waals surface area contributed by atoms with Crippen molar-refractivity contribution in [2.24, 2.45) is 5.73 Å². The van der Waals surface area contributed by atoms with Crippen molar-refractivity contribution >= 4 is 11.8 Å². The number of methoxy groups -OCH3 is 1. The molecule has 0 fully saturated rings. The average molecular weight is 231 g/mol. The smallest absolute Gasteiger partial charge is 0.237 e. The number of rotatable bonds is 7. The summed E-state index contributed by atoms with van der Waals surface area (Å²) in [7, 11) is 4.91. The van der Waals surface area contributed by atoms with Crippen LogP contribution >= 0.6 is 0 Å².